The van der Waals surface area contributed by atoms with Gasteiger partial charge < -0.3 is 14.6 Å². The van der Waals surface area contributed by atoms with Crippen molar-refractivity contribution in [3.8, 4) is 0 Å². The maximum Gasteiger partial charge on any atom is 0.407 e. The van der Waals surface area contributed by atoms with Gasteiger partial charge in [0.05, 0.1) is 6.20 Å². The number of carbonyl (C=O) groups is 1. The average molecular weight is 313 g/mol. The molecule has 0 radical (unpaired) electrons. The third kappa shape index (κ3) is 4.69. The summed E-state index contributed by atoms with van der Waals surface area (Å²) in [4.78, 5) is 13.7. The molecule has 22 heavy (non-hydrogen) atoms. The zero-order valence-electron chi connectivity index (χ0n) is 13.6. The largest absolute Gasteiger partial charge is 0.444 e. The number of amides is 1. The van der Waals surface area contributed by atoms with E-state index in [-0.39, 0.29) is 6.04 Å². The lowest BCUT2D eigenvalue weighted by Crippen LogP contribution is -2.41. The van der Waals surface area contributed by atoms with Crippen molar-refractivity contribution in [1.29, 1.82) is 0 Å². The summed E-state index contributed by atoms with van der Waals surface area (Å²) < 4.78 is 24.0. The molecule has 0 saturated carbocycles. The molecule has 2 rings (SSSR count). The molecule has 7 heteroatoms. The van der Waals surface area contributed by atoms with Gasteiger partial charge in [0.15, 0.2) is 0 Å². The molecule has 1 aromatic rings. The molecule has 124 valence electrons. The number of hydrogen-bond donors (Lipinski definition) is 1. The Morgan fingerprint density at radius 1 is 1.59 bits per heavy atom. The van der Waals surface area contributed by atoms with Crippen LogP contribution in [0.4, 0.5) is 9.18 Å². The molecule has 6 nitrogen and oxygen atoms in total. The minimum Gasteiger partial charge on any atom is -0.444 e. The molecule has 1 aliphatic heterocycles. The van der Waals surface area contributed by atoms with Crippen LogP contribution in [0.2, 0.25) is 0 Å². The first kappa shape index (κ1) is 16.7. The molecule has 1 saturated heterocycles. The minimum absolute atomic E-state index is 0.0585. The first-order valence-electron chi connectivity index (χ1n) is 7.49. The summed E-state index contributed by atoms with van der Waals surface area (Å²) >= 11 is 0. The number of nitrogens with zero attached hydrogens (tertiary/aromatic N) is 2. The number of rotatable bonds is 4. The van der Waals surface area contributed by atoms with E-state index in [9.17, 15) is 9.18 Å². The fourth-order valence-electron chi connectivity index (χ4n) is 2.53. The SMILES string of the molecule is Cc1oncc1CN1C[C@@H](F)C[C@H]1CNC(=O)OC(C)(C)C. The third-order valence-electron chi connectivity index (χ3n) is 3.58. The Hall–Kier alpha value is -1.63. The first-order chi connectivity index (χ1) is 10.2. The number of halogens is 1. The molecule has 1 amide bonds. The molecule has 0 bridgehead atoms. The van der Waals surface area contributed by atoms with Crippen molar-refractivity contribution in [1.82, 2.24) is 15.4 Å². The molecule has 0 aromatic carbocycles. The van der Waals surface area contributed by atoms with Gasteiger partial charge in [-0.25, -0.2) is 9.18 Å². The zero-order valence-corrected chi connectivity index (χ0v) is 13.6. The van der Waals surface area contributed by atoms with Crippen molar-refractivity contribution in [2.75, 3.05) is 13.1 Å². The van der Waals surface area contributed by atoms with E-state index in [1.807, 2.05) is 11.8 Å². The lowest BCUT2D eigenvalue weighted by molar-refractivity contribution is 0.0512. The van der Waals surface area contributed by atoms with Gasteiger partial charge in [0.2, 0.25) is 0 Å². The maximum absolute atomic E-state index is 13.7. The highest BCUT2D eigenvalue weighted by atomic mass is 19.1. The Morgan fingerprint density at radius 3 is 2.91 bits per heavy atom. The van der Waals surface area contributed by atoms with Crippen molar-refractivity contribution in [3.05, 3.63) is 17.5 Å². The van der Waals surface area contributed by atoms with E-state index in [2.05, 4.69) is 10.5 Å². The first-order valence-corrected chi connectivity index (χ1v) is 7.49. The van der Waals surface area contributed by atoms with E-state index >= 15 is 0 Å². The number of nitrogens with one attached hydrogen (secondary N) is 1. The van der Waals surface area contributed by atoms with Crippen LogP contribution in [0.15, 0.2) is 10.7 Å². The molecular weight excluding hydrogens is 289 g/mol. The van der Waals surface area contributed by atoms with E-state index < -0.39 is 17.9 Å². The summed E-state index contributed by atoms with van der Waals surface area (Å²) in [7, 11) is 0. The summed E-state index contributed by atoms with van der Waals surface area (Å²) in [6, 6.07) is -0.0585. The lowest BCUT2D eigenvalue weighted by Gasteiger charge is -2.25. The van der Waals surface area contributed by atoms with E-state index in [4.69, 9.17) is 9.26 Å². The monoisotopic (exact) mass is 313 g/mol. The van der Waals surface area contributed by atoms with Crippen LogP contribution >= 0.6 is 0 Å². The summed E-state index contributed by atoms with van der Waals surface area (Å²) in [5.41, 5.74) is 0.401. The molecule has 1 N–H and O–H groups in total. The summed E-state index contributed by atoms with van der Waals surface area (Å²) in [5, 5.41) is 6.45. The number of alkyl carbamates (subject to hydrolysis) is 1. The Labute approximate surface area is 130 Å². The molecule has 1 fully saturated rings. The standard InChI is InChI=1S/C15H24FN3O3/c1-10-11(6-18-22-10)8-19-9-12(16)5-13(19)7-17-14(20)21-15(2,3)4/h6,12-13H,5,7-9H2,1-4H3,(H,17,20)/t12-,13-/m0/s1. The molecular formula is C15H24FN3O3. The second kappa shape index (κ2) is 6.64. The fourth-order valence-corrected chi connectivity index (χ4v) is 2.53. The Kier molecular flexibility index (Phi) is 5.05. The van der Waals surface area contributed by atoms with Crippen LogP contribution in [0.5, 0.6) is 0 Å². The Morgan fingerprint density at radius 2 is 2.32 bits per heavy atom. The quantitative estimate of drug-likeness (QED) is 0.924. The summed E-state index contributed by atoms with van der Waals surface area (Å²) in [5.74, 6) is 0.737. The highest BCUT2D eigenvalue weighted by Crippen LogP contribution is 2.23. The molecule has 0 aliphatic carbocycles. The number of carbonyl (C=O) groups excluding carboxylic acids is 1. The summed E-state index contributed by atoms with van der Waals surface area (Å²) in [6.07, 6.45) is 0.695. The number of ether oxygens (including phenoxy) is 1. The molecule has 2 heterocycles. The van der Waals surface area contributed by atoms with E-state index in [1.54, 1.807) is 27.0 Å². The maximum atomic E-state index is 13.7. The highest BCUT2D eigenvalue weighted by Gasteiger charge is 2.33. The summed E-state index contributed by atoms with van der Waals surface area (Å²) in [6.45, 7) is 8.53. The van der Waals surface area contributed by atoms with Gasteiger partial charge in [-0.2, -0.15) is 0 Å². The van der Waals surface area contributed by atoms with Gasteiger partial charge >= 0.3 is 6.09 Å². The topological polar surface area (TPSA) is 67.6 Å². The van der Waals surface area contributed by atoms with Crippen LogP contribution in [0.3, 0.4) is 0 Å². The van der Waals surface area contributed by atoms with Gasteiger partial charge in [-0.1, -0.05) is 5.16 Å². The highest BCUT2D eigenvalue weighted by molar-refractivity contribution is 5.67. The number of alkyl halides is 1. The molecule has 0 unspecified atom stereocenters. The van der Waals surface area contributed by atoms with Crippen molar-refractivity contribution in [3.63, 3.8) is 0 Å². The van der Waals surface area contributed by atoms with Crippen molar-refractivity contribution in [2.24, 2.45) is 0 Å². The predicted octanol–water partition coefficient (Wildman–Crippen LogP) is 2.42. The van der Waals surface area contributed by atoms with Crippen LogP contribution in [0.1, 0.15) is 38.5 Å². The second-order valence-corrected chi connectivity index (χ2v) is 6.71. The van der Waals surface area contributed by atoms with Gasteiger partial charge in [0, 0.05) is 31.2 Å². The Bertz CT molecular complexity index is 512. The molecule has 2 atom stereocenters. The normalized spacial score (nSPS) is 22.8. The molecule has 1 aromatic heterocycles. The van der Waals surface area contributed by atoms with Gasteiger partial charge in [0.1, 0.15) is 17.5 Å². The fraction of sp³-hybridized carbons (Fsp3) is 0.733. The lowest BCUT2D eigenvalue weighted by atomic mass is 10.2. The predicted molar refractivity (Wildman–Crippen MR) is 79.2 cm³/mol. The van der Waals surface area contributed by atoms with Gasteiger partial charge in [-0.15, -0.1) is 0 Å². The van der Waals surface area contributed by atoms with Gasteiger partial charge in [-0.3, -0.25) is 4.90 Å². The van der Waals surface area contributed by atoms with E-state index in [0.717, 1.165) is 11.3 Å². The number of aromatic nitrogens is 1. The zero-order chi connectivity index (χ0) is 16.3. The van der Waals surface area contributed by atoms with Crippen molar-refractivity contribution < 1.29 is 18.4 Å². The van der Waals surface area contributed by atoms with Gasteiger partial charge in [-0.05, 0) is 34.1 Å². The van der Waals surface area contributed by atoms with Crippen LogP contribution in [0.25, 0.3) is 0 Å². The van der Waals surface area contributed by atoms with E-state index in [0.29, 0.717) is 26.1 Å². The van der Waals surface area contributed by atoms with Crippen molar-refractivity contribution >= 4 is 6.09 Å². The van der Waals surface area contributed by atoms with Gasteiger partial charge in [0.25, 0.3) is 0 Å². The second-order valence-electron chi connectivity index (χ2n) is 6.71. The van der Waals surface area contributed by atoms with Crippen LogP contribution in [0, 0.1) is 6.92 Å². The average Bonchev–Trinajstić information content (AvgIpc) is 2.92. The van der Waals surface area contributed by atoms with E-state index in [1.165, 1.54) is 0 Å². The third-order valence-corrected chi connectivity index (χ3v) is 3.58. The number of aryl methyl sites for hydroxylation is 1. The van der Waals surface area contributed by atoms with Crippen LogP contribution < -0.4 is 5.32 Å². The Balaban J connectivity index is 1.88. The number of likely N-dealkylation sites (tertiary alicyclic amines) is 1. The van der Waals surface area contributed by atoms with Crippen LogP contribution in [-0.2, 0) is 11.3 Å². The minimum atomic E-state index is -0.884. The van der Waals surface area contributed by atoms with Crippen molar-refractivity contribution in [2.45, 2.75) is 58.5 Å². The number of hydrogen-bond acceptors (Lipinski definition) is 5. The smallest absolute Gasteiger partial charge is 0.407 e. The molecule has 1 aliphatic rings. The van der Waals surface area contributed by atoms with Crippen LogP contribution in [-0.4, -0.2) is 47.1 Å². The molecule has 0 spiro atoms.